The van der Waals surface area contributed by atoms with Crippen LogP contribution in [0.5, 0.6) is 0 Å². The summed E-state index contributed by atoms with van der Waals surface area (Å²) < 4.78 is 24.7. The fourth-order valence-electron chi connectivity index (χ4n) is 1.12. The van der Waals surface area contributed by atoms with Crippen LogP contribution in [-0.2, 0) is 16.4 Å². The number of hydrogen-bond acceptors (Lipinski definition) is 3. The van der Waals surface area contributed by atoms with Gasteiger partial charge in [0.2, 0.25) is 0 Å². The topological polar surface area (TPSA) is 89.3 Å². The van der Waals surface area contributed by atoms with Crippen LogP contribution >= 0.6 is 0 Å². The quantitative estimate of drug-likeness (QED) is 0.794. The number of carbonyl (C=O) groups is 1. The second-order valence-electron chi connectivity index (χ2n) is 2.97. The van der Waals surface area contributed by atoms with Gasteiger partial charge in [0.1, 0.15) is 0 Å². The van der Waals surface area contributed by atoms with Crippen LogP contribution in [0, 0.1) is 0 Å². The number of amides is 2. The van der Waals surface area contributed by atoms with E-state index in [1.807, 2.05) is 13.0 Å². The lowest BCUT2D eigenvalue weighted by molar-refractivity contribution is 0.253. The van der Waals surface area contributed by atoms with E-state index in [0.29, 0.717) is 0 Å². The lowest BCUT2D eigenvalue weighted by Crippen LogP contribution is -2.34. The number of primary amides is 1. The first-order valence-corrected chi connectivity index (χ1v) is 5.85. The summed E-state index contributed by atoms with van der Waals surface area (Å²) in [5.74, 6) is 0. The number of hydrogen-bond donors (Lipinski definition) is 2. The van der Waals surface area contributed by atoms with Crippen LogP contribution in [0.4, 0.5) is 4.79 Å². The molecule has 6 heteroatoms. The van der Waals surface area contributed by atoms with Gasteiger partial charge in [-0.05, 0) is 24.1 Å². The molecule has 0 atom stereocenters. The minimum atomic E-state index is -3.82. The molecule has 5 nitrogen and oxygen atoms in total. The van der Waals surface area contributed by atoms with Gasteiger partial charge in [0.25, 0.3) is 10.0 Å². The Morgan fingerprint density at radius 3 is 2.67 bits per heavy atom. The highest BCUT2D eigenvalue weighted by atomic mass is 32.2. The highest BCUT2D eigenvalue weighted by Gasteiger charge is 2.15. The number of carbonyl (C=O) groups excluding carboxylic acids is 1. The number of rotatable bonds is 3. The van der Waals surface area contributed by atoms with E-state index >= 15 is 0 Å². The smallest absolute Gasteiger partial charge is 0.326 e. The molecular weight excluding hydrogens is 216 g/mol. The number of sulfonamides is 1. The molecule has 0 unspecified atom stereocenters. The van der Waals surface area contributed by atoms with Crippen molar-refractivity contribution in [2.45, 2.75) is 18.2 Å². The Balaban J connectivity index is 3.10. The average molecular weight is 228 g/mol. The summed E-state index contributed by atoms with van der Waals surface area (Å²) >= 11 is 0. The molecule has 0 aliphatic carbocycles. The van der Waals surface area contributed by atoms with E-state index in [-0.39, 0.29) is 4.90 Å². The van der Waals surface area contributed by atoms with Crippen molar-refractivity contribution >= 4 is 16.1 Å². The number of urea groups is 1. The first-order chi connectivity index (χ1) is 6.95. The second-order valence-corrected chi connectivity index (χ2v) is 4.65. The molecule has 1 rings (SSSR count). The minimum Gasteiger partial charge on any atom is -0.351 e. The van der Waals surface area contributed by atoms with Gasteiger partial charge >= 0.3 is 6.03 Å². The van der Waals surface area contributed by atoms with Gasteiger partial charge in [-0.15, -0.1) is 0 Å². The van der Waals surface area contributed by atoms with Gasteiger partial charge in [-0.1, -0.05) is 19.1 Å². The van der Waals surface area contributed by atoms with Crippen LogP contribution in [-0.4, -0.2) is 14.4 Å². The van der Waals surface area contributed by atoms with Crippen molar-refractivity contribution < 1.29 is 13.2 Å². The van der Waals surface area contributed by atoms with E-state index < -0.39 is 16.1 Å². The average Bonchev–Trinajstić information content (AvgIpc) is 2.16. The predicted molar refractivity (Wildman–Crippen MR) is 55.7 cm³/mol. The maximum absolute atomic E-state index is 11.5. The Hall–Kier alpha value is -1.56. The van der Waals surface area contributed by atoms with Crippen LogP contribution in [0.15, 0.2) is 29.2 Å². The van der Waals surface area contributed by atoms with Crippen LogP contribution in [0.25, 0.3) is 0 Å². The van der Waals surface area contributed by atoms with Gasteiger partial charge in [0.15, 0.2) is 0 Å². The van der Waals surface area contributed by atoms with Crippen molar-refractivity contribution in [3.05, 3.63) is 29.8 Å². The Bertz CT molecular complexity index is 468. The van der Waals surface area contributed by atoms with Gasteiger partial charge in [-0.25, -0.2) is 17.9 Å². The molecule has 0 saturated carbocycles. The lowest BCUT2D eigenvalue weighted by atomic mass is 10.2. The largest absolute Gasteiger partial charge is 0.351 e. The molecule has 0 aliphatic rings. The third-order valence-electron chi connectivity index (χ3n) is 1.85. The molecule has 0 radical (unpaired) electrons. The fraction of sp³-hybridized carbons (Fsp3) is 0.222. The van der Waals surface area contributed by atoms with Crippen LogP contribution < -0.4 is 10.5 Å². The molecule has 15 heavy (non-hydrogen) atoms. The predicted octanol–water partition coefficient (Wildman–Crippen LogP) is 0.606. The van der Waals surface area contributed by atoms with Gasteiger partial charge in [-0.3, -0.25) is 0 Å². The molecule has 0 spiro atoms. The minimum absolute atomic E-state index is 0.0423. The summed E-state index contributed by atoms with van der Waals surface area (Å²) in [5, 5.41) is 0. The summed E-state index contributed by atoms with van der Waals surface area (Å²) in [6.07, 6.45) is 0.722. The third-order valence-corrected chi connectivity index (χ3v) is 3.20. The summed E-state index contributed by atoms with van der Waals surface area (Å²) in [5.41, 5.74) is 5.63. The summed E-state index contributed by atoms with van der Waals surface area (Å²) in [7, 11) is -3.82. The summed E-state index contributed by atoms with van der Waals surface area (Å²) in [6, 6.07) is 5.25. The zero-order chi connectivity index (χ0) is 11.5. The maximum atomic E-state index is 11.5. The Kier molecular flexibility index (Phi) is 3.31. The summed E-state index contributed by atoms with van der Waals surface area (Å²) in [4.78, 5) is 10.5. The zero-order valence-electron chi connectivity index (χ0n) is 8.23. The normalized spacial score (nSPS) is 11.0. The molecule has 0 heterocycles. The van der Waals surface area contributed by atoms with E-state index in [4.69, 9.17) is 5.73 Å². The van der Waals surface area contributed by atoms with E-state index in [2.05, 4.69) is 0 Å². The van der Waals surface area contributed by atoms with Gasteiger partial charge in [0, 0.05) is 0 Å². The molecule has 0 bridgehead atoms. The Morgan fingerprint density at radius 1 is 1.47 bits per heavy atom. The number of nitrogens with one attached hydrogen (secondary N) is 1. The number of benzene rings is 1. The van der Waals surface area contributed by atoms with Crippen molar-refractivity contribution in [1.82, 2.24) is 4.72 Å². The standard InChI is InChI=1S/C9H12N2O3S/c1-2-7-4-3-5-8(6-7)15(13,14)11-9(10)12/h3-6H,2H2,1H3,(H3,10,11,12). The van der Waals surface area contributed by atoms with Gasteiger partial charge in [-0.2, -0.15) is 0 Å². The SMILES string of the molecule is CCc1cccc(S(=O)(=O)NC(N)=O)c1. The highest BCUT2D eigenvalue weighted by Crippen LogP contribution is 2.11. The molecule has 1 aromatic rings. The molecular formula is C9H12N2O3S. The molecule has 0 saturated heterocycles. The molecule has 82 valence electrons. The van der Waals surface area contributed by atoms with Crippen molar-refractivity contribution in [2.75, 3.05) is 0 Å². The molecule has 2 amide bonds. The molecule has 3 N–H and O–H groups in total. The van der Waals surface area contributed by atoms with Crippen molar-refractivity contribution in [3.63, 3.8) is 0 Å². The third kappa shape index (κ3) is 2.95. The Morgan fingerprint density at radius 2 is 2.13 bits per heavy atom. The monoisotopic (exact) mass is 228 g/mol. The molecule has 0 aliphatic heterocycles. The van der Waals surface area contributed by atoms with Gasteiger partial charge in [0.05, 0.1) is 4.90 Å². The Labute approximate surface area is 88.3 Å². The maximum Gasteiger partial charge on any atom is 0.326 e. The molecule has 1 aromatic carbocycles. The molecule has 0 fully saturated rings. The first-order valence-electron chi connectivity index (χ1n) is 4.37. The van der Waals surface area contributed by atoms with Gasteiger partial charge < -0.3 is 5.73 Å². The van der Waals surface area contributed by atoms with Crippen molar-refractivity contribution in [1.29, 1.82) is 0 Å². The van der Waals surface area contributed by atoms with Crippen LogP contribution in [0.3, 0.4) is 0 Å². The summed E-state index contributed by atoms with van der Waals surface area (Å²) in [6.45, 7) is 1.91. The second kappa shape index (κ2) is 4.31. The van der Waals surface area contributed by atoms with Crippen LogP contribution in [0.2, 0.25) is 0 Å². The zero-order valence-corrected chi connectivity index (χ0v) is 9.04. The first kappa shape index (κ1) is 11.5. The van der Waals surface area contributed by atoms with E-state index in [0.717, 1.165) is 12.0 Å². The van der Waals surface area contributed by atoms with E-state index in [9.17, 15) is 13.2 Å². The van der Waals surface area contributed by atoms with E-state index in [1.165, 1.54) is 12.1 Å². The van der Waals surface area contributed by atoms with Crippen molar-refractivity contribution in [3.8, 4) is 0 Å². The van der Waals surface area contributed by atoms with Crippen LogP contribution in [0.1, 0.15) is 12.5 Å². The molecule has 0 aromatic heterocycles. The number of nitrogens with two attached hydrogens (primary N) is 1. The number of aryl methyl sites for hydroxylation is 1. The fourth-order valence-corrected chi connectivity index (χ4v) is 2.07. The highest BCUT2D eigenvalue weighted by molar-refractivity contribution is 7.90. The van der Waals surface area contributed by atoms with Crippen molar-refractivity contribution in [2.24, 2.45) is 5.73 Å². The lowest BCUT2D eigenvalue weighted by Gasteiger charge is -2.05. The van der Waals surface area contributed by atoms with E-state index in [1.54, 1.807) is 10.8 Å².